The van der Waals surface area contributed by atoms with E-state index in [-0.39, 0.29) is 0 Å². The maximum Gasteiger partial charge on any atom is -0.0355 e. The first-order valence-electron chi connectivity index (χ1n) is 7.61. The topological polar surface area (TPSA) is 0 Å². The Morgan fingerprint density at radius 3 is 2.31 bits per heavy atom. The largest absolute Gasteiger partial charge is 0.0654 e. The van der Waals surface area contributed by atoms with Crippen LogP contribution in [0, 0.1) is 29.6 Å². The predicted octanol–water partition coefficient (Wildman–Crippen LogP) is 5.52. The number of unbranched alkanes of at least 4 members (excludes halogenated alkanes) is 1. The average molecular weight is 224 g/mol. The zero-order chi connectivity index (χ0) is 12.1. The molecule has 16 heavy (non-hydrogen) atoms. The zero-order valence-electron chi connectivity index (χ0n) is 12.1. The van der Waals surface area contributed by atoms with E-state index in [1.807, 2.05) is 0 Å². The molecule has 5 atom stereocenters. The molecule has 0 heteroatoms. The van der Waals surface area contributed by atoms with Gasteiger partial charge in [-0.05, 0) is 36.0 Å². The summed E-state index contributed by atoms with van der Waals surface area (Å²) in [4.78, 5) is 0. The summed E-state index contributed by atoms with van der Waals surface area (Å²) >= 11 is 0. The summed E-state index contributed by atoms with van der Waals surface area (Å²) in [6.45, 7) is 12.1. The van der Waals surface area contributed by atoms with Gasteiger partial charge in [0, 0.05) is 0 Å². The second-order valence-electron chi connectivity index (χ2n) is 6.29. The summed E-state index contributed by atoms with van der Waals surface area (Å²) in [5.74, 6) is 4.97. The molecule has 0 heterocycles. The molecule has 0 N–H and O–H groups in total. The lowest BCUT2D eigenvalue weighted by Crippen LogP contribution is -2.40. The first-order valence-corrected chi connectivity index (χ1v) is 7.61. The molecule has 0 amide bonds. The summed E-state index contributed by atoms with van der Waals surface area (Å²) < 4.78 is 0. The Balaban J connectivity index is 2.30. The van der Waals surface area contributed by atoms with Gasteiger partial charge in [0.25, 0.3) is 0 Å². The standard InChI is InChI=1S/C16H32/c1-6-8-10-12(3)13(4)16-11-15(9-7-2)14(16)5/h12-16H,6-11H2,1-5H3. The molecule has 0 aromatic carbocycles. The van der Waals surface area contributed by atoms with E-state index < -0.39 is 0 Å². The molecule has 0 spiro atoms. The van der Waals surface area contributed by atoms with Crippen LogP contribution in [0.3, 0.4) is 0 Å². The molecule has 1 fully saturated rings. The molecule has 0 aromatic heterocycles. The molecule has 0 bridgehead atoms. The Morgan fingerprint density at radius 2 is 1.81 bits per heavy atom. The molecular formula is C16H32. The molecule has 0 saturated heterocycles. The van der Waals surface area contributed by atoms with E-state index in [1.165, 1.54) is 38.5 Å². The lowest BCUT2D eigenvalue weighted by atomic mass is 9.57. The van der Waals surface area contributed by atoms with Crippen LogP contribution in [-0.4, -0.2) is 0 Å². The second-order valence-corrected chi connectivity index (χ2v) is 6.29. The summed E-state index contributed by atoms with van der Waals surface area (Å²) in [7, 11) is 0. The molecule has 0 aromatic rings. The van der Waals surface area contributed by atoms with Crippen molar-refractivity contribution in [3.05, 3.63) is 0 Å². The molecule has 0 radical (unpaired) electrons. The molecule has 0 nitrogen and oxygen atoms in total. The fourth-order valence-corrected chi connectivity index (χ4v) is 3.59. The quantitative estimate of drug-likeness (QED) is 0.534. The molecule has 0 aliphatic heterocycles. The van der Waals surface area contributed by atoms with Crippen molar-refractivity contribution in [2.24, 2.45) is 29.6 Å². The van der Waals surface area contributed by atoms with Crippen LogP contribution < -0.4 is 0 Å². The third-order valence-electron chi connectivity index (χ3n) is 5.24. The van der Waals surface area contributed by atoms with Gasteiger partial charge in [-0.25, -0.2) is 0 Å². The Kier molecular flexibility index (Phi) is 5.86. The third kappa shape index (κ3) is 3.25. The van der Waals surface area contributed by atoms with Gasteiger partial charge >= 0.3 is 0 Å². The van der Waals surface area contributed by atoms with E-state index in [0.717, 1.165) is 29.6 Å². The van der Waals surface area contributed by atoms with E-state index in [9.17, 15) is 0 Å². The van der Waals surface area contributed by atoms with Gasteiger partial charge in [0.05, 0.1) is 0 Å². The fourth-order valence-electron chi connectivity index (χ4n) is 3.59. The summed E-state index contributed by atoms with van der Waals surface area (Å²) in [6.07, 6.45) is 8.59. The maximum atomic E-state index is 2.50. The minimum absolute atomic E-state index is 0.940. The first kappa shape index (κ1) is 14.1. The molecular weight excluding hydrogens is 192 g/mol. The van der Waals surface area contributed by atoms with E-state index in [1.54, 1.807) is 0 Å². The Hall–Kier alpha value is 0. The van der Waals surface area contributed by atoms with Gasteiger partial charge in [-0.3, -0.25) is 0 Å². The van der Waals surface area contributed by atoms with Crippen molar-refractivity contribution in [3.63, 3.8) is 0 Å². The van der Waals surface area contributed by atoms with Crippen LogP contribution in [0.4, 0.5) is 0 Å². The number of hydrogen-bond acceptors (Lipinski definition) is 0. The molecule has 1 aliphatic rings. The molecule has 5 unspecified atom stereocenters. The Bertz CT molecular complexity index is 180. The normalized spacial score (nSPS) is 33.2. The molecule has 1 saturated carbocycles. The van der Waals surface area contributed by atoms with Crippen molar-refractivity contribution in [1.29, 1.82) is 0 Å². The average Bonchev–Trinajstić information content (AvgIpc) is 2.29. The predicted molar refractivity (Wildman–Crippen MR) is 73.5 cm³/mol. The van der Waals surface area contributed by atoms with Gasteiger partial charge in [0.15, 0.2) is 0 Å². The van der Waals surface area contributed by atoms with Gasteiger partial charge in [-0.15, -0.1) is 0 Å². The van der Waals surface area contributed by atoms with Crippen molar-refractivity contribution >= 4 is 0 Å². The van der Waals surface area contributed by atoms with Crippen molar-refractivity contribution in [2.45, 2.75) is 73.1 Å². The van der Waals surface area contributed by atoms with Crippen LogP contribution >= 0.6 is 0 Å². The Morgan fingerprint density at radius 1 is 1.12 bits per heavy atom. The summed E-state index contributed by atoms with van der Waals surface area (Å²) in [5, 5.41) is 0. The van der Waals surface area contributed by atoms with Gasteiger partial charge in [0.2, 0.25) is 0 Å². The van der Waals surface area contributed by atoms with Crippen LogP contribution in [0.1, 0.15) is 73.1 Å². The van der Waals surface area contributed by atoms with Gasteiger partial charge < -0.3 is 0 Å². The van der Waals surface area contributed by atoms with Crippen LogP contribution in [0.2, 0.25) is 0 Å². The minimum atomic E-state index is 0.940. The maximum absolute atomic E-state index is 2.50. The highest BCUT2D eigenvalue weighted by molar-refractivity contribution is 4.90. The monoisotopic (exact) mass is 224 g/mol. The van der Waals surface area contributed by atoms with Gasteiger partial charge in [0.1, 0.15) is 0 Å². The zero-order valence-corrected chi connectivity index (χ0v) is 12.1. The van der Waals surface area contributed by atoms with Crippen LogP contribution in [0.25, 0.3) is 0 Å². The van der Waals surface area contributed by atoms with E-state index in [0.29, 0.717) is 0 Å². The molecule has 1 aliphatic carbocycles. The smallest absolute Gasteiger partial charge is 0.0355 e. The van der Waals surface area contributed by atoms with E-state index in [2.05, 4.69) is 34.6 Å². The number of rotatable bonds is 7. The third-order valence-corrected chi connectivity index (χ3v) is 5.24. The second kappa shape index (κ2) is 6.67. The van der Waals surface area contributed by atoms with Crippen LogP contribution in [0.15, 0.2) is 0 Å². The fraction of sp³-hybridized carbons (Fsp3) is 1.00. The SMILES string of the molecule is CCCCC(C)C(C)C1CC(CCC)C1C. The van der Waals surface area contributed by atoms with Crippen molar-refractivity contribution in [3.8, 4) is 0 Å². The summed E-state index contributed by atoms with van der Waals surface area (Å²) in [6, 6.07) is 0. The molecule has 1 rings (SSSR count). The van der Waals surface area contributed by atoms with Gasteiger partial charge in [-0.1, -0.05) is 66.7 Å². The lowest BCUT2D eigenvalue weighted by molar-refractivity contribution is 0.0150. The highest BCUT2D eigenvalue weighted by atomic mass is 14.5. The number of hydrogen-bond donors (Lipinski definition) is 0. The van der Waals surface area contributed by atoms with Gasteiger partial charge in [-0.2, -0.15) is 0 Å². The van der Waals surface area contributed by atoms with E-state index >= 15 is 0 Å². The van der Waals surface area contributed by atoms with E-state index in [4.69, 9.17) is 0 Å². The van der Waals surface area contributed by atoms with Crippen molar-refractivity contribution in [1.82, 2.24) is 0 Å². The Labute approximate surface area is 103 Å². The molecule has 96 valence electrons. The minimum Gasteiger partial charge on any atom is -0.0654 e. The van der Waals surface area contributed by atoms with Crippen LogP contribution in [0.5, 0.6) is 0 Å². The highest BCUT2D eigenvalue weighted by Gasteiger charge is 2.40. The highest BCUT2D eigenvalue weighted by Crippen LogP contribution is 2.48. The van der Waals surface area contributed by atoms with Crippen molar-refractivity contribution in [2.75, 3.05) is 0 Å². The van der Waals surface area contributed by atoms with Crippen LogP contribution in [-0.2, 0) is 0 Å². The lowest BCUT2D eigenvalue weighted by Gasteiger charge is -2.48. The van der Waals surface area contributed by atoms with Crippen molar-refractivity contribution < 1.29 is 0 Å². The summed E-state index contributed by atoms with van der Waals surface area (Å²) in [5.41, 5.74) is 0. The first-order chi connectivity index (χ1) is 7.61.